The Morgan fingerprint density at radius 1 is 1.19 bits per heavy atom. The molecule has 0 saturated carbocycles. The largest absolute Gasteiger partial charge is 0.480 e. The van der Waals surface area contributed by atoms with Gasteiger partial charge in [-0.05, 0) is 40.2 Å². The summed E-state index contributed by atoms with van der Waals surface area (Å²) in [6, 6.07) is 7.74. The molecular formula is C23H32N7O5P. The van der Waals surface area contributed by atoms with E-state index < -0.39 is 31.7 Å². The smallest absolute Gasteiger partial charge is 0.367 e. The maximum Gasteiger partial charge on any atom is 0.367 e. The van der Waals surface area contributed by atoms with Crippen molar-refractivity contribution in [2.24, 2.45) is 5.16 Å². The Morgan fingerprint density at radius 3 is 2.53 bits per heavy atom. The van der Waals surface area contributed by atoms with Gasteiger partial charge < -0.3 is 24.8 Å². The molecule has 0 aliphatic heterocycles. The van der Waals surface area contributed by atoms with Crippen molar-refractivity contribution in [3.05, 3.63) is 48.5 Å². The summed E-state index contributed by atoms with van der Waals surface area (Å²) in [7, 11) is -3.90. The number of carboxylic acid groups (broad SMARTS) is 1. The molecule has 0 aliphatic rings. The van der Waals surface area contributed by atoms with Crippen molar-refractivity contribution in [2.45, 2.75) is 59.4 Å². The summed E-state index contributed by atoms with van der Waals surface area (Å²) in [5.41, 5.74) is 8.16. The van der Waals surface area contributed by atoms with E-state index in [9.17, 15) is 14.5 Å². The molecule has 36 heavy (non-hydrogen) atoms. The van der Waals surface area contributed by atoms with Crippen molar-refractivity contribution >= 4 is 36.2 Å². The SMILES string of the molecule is C/C(=N\OP(=O)(CO[C@H](C)Cn1cnc2c(N)ncnc21)N(C(C)C)[C@@H](C)C(=O)O)c1ccccc1. The summed E-state index contributed by atoms with van der Waals surface area (Å²) < 4.78 is 28.8. The van der Waals surface area contributed by atoms with E-state index >= 15 is 0 Å². The van der Waals surface area contributed by atoms with Crippen LogP contribution in [0.3, 0.4) is 0 Å². The molecule has 0 fully saturated rings. The Labute approximate surface area is 209 Å². The van der Waals surface area contributed by atoms with Crippen molar-refractivity contribution in [3.8, 4) is 0 Å². The standard InChI is InChI=1S/C23H32N7O5P/c1-15(2)30(18(5)23(31)32)36(33,35-28-17(4)19-9-7-6-8-10-19)14-34-16(3)11-29-13-27-20-21(24)25-12-26-22(20)29/h6-10,12-13,15-16,18H,11,14H2,1-5H3,(H,31,32)(H2,24,25,26)/b28-17+/t16-,18+,36?/m1/s1. The molecular weight excluding hydrogens is 485 g/mol. The second-order valence-electron chi connectivity index (χ2n) is 8.68. The first-order chi connectivity index (χ1) is 17.0. The van der Waals surface area contributed by atoms with Gasteiger partial charge in [-0.25, -0.2) is 19.6 Å². The van der Waals surface area contributed by atoms with E-state index in [2.05, 4.69) is 20.1 Å². The third-order valence-electron chi connectivity index (χ3n) is 5.54. The molecule has 0 bridgehead atoms. The molecule has 3 N–H and O–H groups in total. The lowest BCUT2D eigenvalue weighted by Crippen LogP contribution is -2.42. The maximum atomic E-state index is 14.2. The third-order valence-corrected chi connectivity index (χ3v) is 7.86. The Bertz CT molecular complexity index is 1260. The second-order valence-corrected chi connectivity index (χ2v) is 10.8. The van der Waals surface area contributed by atoms with Crippen LogP contribution < -0.4 is 5.73 Å². The van der Waals surface area contributed by atoms with Crippen LogP contribution in [0.1, 0.15) is 40.2 Å². The first kappa shape index (κ1) is 27.3. The summed E-state index contributed by atoms with van der Waals surface area (Å²) in [5.74, 6) is -0.862. The predicted octanol–water partition coefficient (Wildman–Crippen LogP) is 3.59. The number of oxime groups is 1. The van der Waals surface area contributed by atoms with Crippen LogP contribution in [0.2, 0.25) is 0 Å². The van der Waals surface area contributed by atoms with Crippen LogP contribution in [0.15, 0.2) is 48.1 Å². The van der Waals surface area contributed by atoms with Crippen molar-refractivity contribution in [1.82, 2.24) is 24.2 Å². The van der Waals surface area contributed by atoms with Gasteiger partial charge in [0.25, 0.3) is 0 Å². The van der Waals surface area contributed by atoms with Crippen LogP contribution in [0.5, 0.6) is 0 Å². The van der Waals surface area contributed by atoms with E-state index in [1.54, 1.807) is 38.6 Å². The number of nitrogens with two attached hydrogens (primary N) is 1. The number of benzene rings is 1. The number of fused-ring (bicyclic) bond motifs is 1. The highest BCUT2D eigenvalue weighted by molar-refractivity contribution is 7.56. The maximum absolute atomic E-state index is 14.2. The molecule has 0 radical (unpaired) electrons. The average molecular weight is 518 g/mol. The molecule has 12 nitrogen and oxygen atoms in total. The molecule has 3 rings (SSSR count). The van der Waals surface area contributed by atoms with Crippen molar-refractivity contribution in [3.63, 3.8) is 0 Å². The summed E-state index contributed by atoms with van der Waals surface area (Å²) in [6.07, 6.45) is 2.10. The minimum absolute atomic E-state index is 0.270. The summed E-state index contributed by atoms with van der Waals surface area (Å²) in [6.45, 7) is 8.79. The normalized spacial score (nSPS) is 15.7. The molecule has 2 heterocycles. The van der Waals surface area contributed by atoms with Crippen LogP contribution in [0.25, 0.3) is 11.2 Å². The lowest BCUT2D eigenvalue weighted by Gasteiger charge is -2.35. The number of rotatable bonds is 12. The van der Waals surface area contributed by atoms with E-state index in [-0.39, 0.29) is 12.2 Å². The van der Waals surface area contributed by atoms with Gasteiger partial charge in [0.15, 0.2) is 11.5 Å². The van der Waals surface area contributed by atoms with Crippen LogP contribution >= 0.6 is 7.52 Å². The number of hydrogen-bond acceptors (Lipinski definition) is 9. The number of imidazole rings is 1. The van der Waals surface area contributed by atoms with Gasteiger partial charge in [-0.1, -0.05) is 35.5 Å². The fourth-order valence-corrected chi connectivity index (χ4v) is 6.04. The molecule has 0 spiro atoms. The monoisotopic (exact) mass is 517 g/mol. The lowest BCUT2D eigenvalue weighted by molar-refractivity contribution is -0.141. The van der Waals surface area contributed by atoms with Crippen molar-refractivity contribution in [1.29, 1.82) is 0 Å². The van der Waals surface area contributed by atoms with Crippen LogP contribution in [-0.4, -0.2) is 65.5 Å². The van der Waals surface area contributed by atoms with E-state index in [1.807, 2.05) is 30.3 Å². The lowest BCUT2D eigenvalue weighted by atomic mass is 10.1. The minimum Gasteiger partial charge on any atom is -0.480 e. The molecule has 1 unspecified atom stereocenters. The molecule has 13 heteroatoms. The average Bonchev–Trinajstić information content (AvgIpc) is 3.25. The van der Waals surface area contributed by atoms with Crippen LogP contribution in [-0.2, 0) is 25.3 Å². The predicted molar refractivity (Wildman–Crippen MR) is 137 cm³/mol. The zero-order valence-electron chi connectivity index (χ0n) is 21.0. The van der Waals surface area contributed by atoms with Crippen molar-refractivity contribution in [2.75, 3.05) is 12.1 Å². The van der Waals surface area contributed by atoms with Crippen LogP contribution in [0.4, 0.5) is 5.82 Å². The van der Waals surface area contributed by atoms with Gasteiger partial charge in [0.2, 0.25) is 0 Å². The van der Waals surface area contributed by atoms with E-state index in [0.29, 0.717) is 23.4 Å². The summed E-state index contributed by atoms with van der Waals surface area (Å²) in [5, 5.41) is 13.8. The van der Waals surface area contributed by atoms with Crippen LogP contribution in [0, 0.1) is 0 Å². The van der Waals surface area contributed by atoms with E-state index in [1.165, 1.54) is 17.9 Å². The third kappa shape index (κ3) is 6.26. The number of carbonyl (C=O) groups is 1. The molecule has 3 aromatic rings. The van der Waals surface area contributed by atoms with E-state index in [4.69, 9.17) is 15.1 Å². The molecule has 194 valence electrons. The summed E-state index contributed by atoms with van der Waals surface area (Å²) in [4.78, 5) is 24.2. The number of aromatic nitrogens is 4. The zero-order chi connectivity index (χ0) is 26.5. The quantitative estimate of drug-likeness (QED) is 0.207. The molecule has 2 aromatic heterocycles. The number of hydrogen-bond donors (Lipinski definition) is 2. The summed E-state index contributed by atoms with van der Waals surface area (Å²) >= 11 is 0. The first-order valence-electron chi connectivity index (χ1n) is 11.5. The fraction of sp³-hybridized carbons (Fsp3) is 0.435. The Morgan fingerprint density at radius 2 is 1.89 bits per heavy atom. The van der Waals surface area contributed by atoms with Gasteiger partial charge in [0, 0.05) is 6.04 Å². The topological polar surface area (TPSA) is 158 Å². The molecule has 3 atom stereocenters. The first-order valence-corrected chi connectivity index (χ1v) is 13.2. The van der Waals surface area contributed by atoms with Crippen molar-refractivity contribution < 1.29 is 23.8 Å². The Hall–Kier alpha value is -3.34. The highest BCUT2D eigenvalue weighted by Crippen LogP contribution is 2.54. The second kappa shape index (κ2) is 11.6. The van der Waals surface area contributed by atoms with Gasteiger partial charge in [0.1, 0.15) is 24.2 Å². The Kier molecular flexibility index (Phi) is 8.78. The molecule has 0 aliphatic carbocycles. The number of aliphatic carboxylic acids is 1. The highest BCUT2D eigenvalue weighted by atomic mass is 31.2. The minimum atomic E-state index is -3.90. The molecule has 0 amide bonds. The molecule has 1 aromatic carbocycles. The number of nitrogen functional groups attached to an aromatic ring is 1. The van der Waals surface area contributed by atoms with E-state index in [0.717, 1.165) is 5.56 Å². The fourth-order valence-electron chi connectivity index (χ4n) is 3.75. The number of carboxylic acids is 1. The van der Waals surface area contributed by atoms with Gasteiger partial charge in [-0.2, -0.15) is 0 Å². The highest BCUT2D eigenvalue weighted by Gasteiger charge is 2.42. The van der Waals surface area contributed by atoms with Gasteiger partial charge in [0.05, 0.1) is 24.7 Å². The van der Waals surface area contributed by atoms with Gasteiger partial charge in [-0.15, -0.1) is 0 Å². The van der Waals surface area contributed by atoms with Gasteiger partial charge in [-0.3, -0.25) is 9.36 Å². The molecule has 0 saturated heterocycles. The number of anilines is 1. The number of ether oxygens (including phenoxy) is 1. The Balaban J connectivity index is 1.83. The zero-order valence-corrected chi connectivity index (χ0v) is 21.9. The number of nitrogens with zero attached hydrogens (tertiary/aromatic N) is 6. The van der Waals surface area contributed by atoms with Gasteiger partial charge >= 0.3 is 13.5 Å².